The summed E-state index contributed by atoms with van der Waals surface area (Å²) in [6.45, 7) is 5.11. The number of anilines is 1. The summed E-state index contributed by atoms with van der Waals surface area (Å²) in [7, 11) is 0. The van der Waals surface area contributed by atoms with Gasteiger partial charge in [-0.2, -0.15) is 0 Å². The number of guanidine groups is 1. The Morgan fingerprint density at radius 2 is 2.36 bits per heavy atom. The predicted octanol–water partition coefficient (Wildman–Crippen LogP) is 2.84. The highest BCUT2D eigenvalue weighted by Crippen LogP contribution is 2.36. The van der Waals surface area contributed by atoms with Crippen LogP contribution in [0.3, 0.4) is 0 Å². The molecule has 1 aliphatic rings. The molecule has 2 N–H and O–H groups in total. The van der Waals surface area contributed by atoms with Crippen LogP contribution in [-0.2, 0) is 0 Å². The van der Waals surface area contributed by atoms with Crippen molar-refractivity contribution in [1.29, 1.82) is 0 Å². The minimum atomic E-state index is 0.869. The van der Waals surface area contributed by atoms with Crippen LogP contribution in [0.1, 0.15) is 18.2 Å². The minimum absolute atomic E-state index is 0.869. The molecule has 14 heavy (non-hydrogen) atoms. The smallest absolute Gasteiger partial charge is 0.206 e. The summed E-state index contributed by atoms with van der Waals surface area (Å²) in [5.41, 5.74) is 1.19. The van der Waals surface area contributed by atoms with E-state index in [-0.39, 0.29) is 0 Å². The van der Waals surface area contributed by atoms with Crippen LogP contribution in [0.15, 0.2) is 15.3 Å². The molecule has 0 saturated carbocycles. The lowest BCUT2D eigenvalue weighted by atomic mass is 10.4. The van der Waals surface area contributed by atoms with Crippen molar-refractivity contribution in [2.24, 2.45) is 4.99 Å². The standard InChI is InChI=1S/C9H13N3S2/c1-3-4-10-9-11-7-5-6(2)13-8(7)14-12-9/h5H,3-4H2,1-2H3,(H2,10,11,12). The first kappa shape index (κ1) is 9.86. The van der Waals surface area contributed by atoms with Gasteiger partial charge >= 0.3 is 0 Å². The summed E-state index contributed by atoms with van der Waals surface area (Å²) in [5.74, 6) is 0.877. The van der Waals surface area contributed by atoms with Crippen LogP contribution in [0.4, 0.5) is 5.69 Å². The van der Waals surface area contributed by atoms with Gasteiger partial charge in [-0.3, -0.25) is 9.71 Å². The first-order valence-electron chi connectivity index (χ1n) is 4.64. The summed E-state index contributed by atoms with van der Waals surface area (Å²) in [6.07, 6.45) is 1.08. The van der Waals surface area contributed by atoms with Crippen LogP contribution < -0.4 is 10.0 Å². The Labute approximate surface area is 92.1 Å². The molecule has 0 saturated heterocycles. The molecule has 0 aromatic carbocycles. The van der Waals surface area contributed by atoms with Gasteiger partial charge in [0.1, 0.15) is 4.21 Å². The first-order valence-corrected chi connectivity index (χ1v) is 6.27. The summed E-state index contributed by atoms with van der Waals surface area (Å²) < 4.78 is 4.48. The highest BCUT2D eigenvalue weighted by atomic mass is 32.2. The third kappa shape index (κ3) is 2.04. The van der Waals surface area contributed by atoms with Crippen molar-refractivity contribution in [2.45, 2.75) is 24.5 Å². The SMILES string of the molecule is CCCN=C1NSc2sc(C)cc2N1. The molecular weight excluding hydrogens is 214 g/mol. The fraction of sp³-hybridized carbons (Fsp3) is 0.444. The fourth-order valence-electron chi connectivity index (χ4n) is 1.20. The van der Waals surface area contributed by atoms with Crippen molar-refractivity contribution in [3.8, 4) is 0 Å². The van der Waals surface area contributed by atoms with E-state index in [0.717, 1.165) is 18.9 Å². The average Bonchev–Trinajstić information content (AvgIpc) is 2.54. The van der Waals surface area contributed by atoms with Crippen molar-refractivity contribution in [2.75, 3.05) is 11.9 Å². The maximum Gasteiger partial charge on any atom is 0.206 e. The number of hydrogen-bond acceptors (Lipinski definition) is 3. The number of fused-ring (bicyclic) bond motifs is 1. The molecule has 76 valence electrons. The van der Waals surface area contributed by atoms with Gasteiger partial charge in [0.2, 0.25) is 5.96 Å². The maximum atomic E-state index is 4.39. The van der Waals surface area contributed by atoms with Gasteiger partial charge in [-0.25, -0.2) is 0 Å². The van der Waals surface area contributed by atoms with Crippen LogP contribution in [0.25, 0.3) is 0 Å². The van der Waals surface area contributed by atoms with Crippen LogP contribution >= 0.6 is 23.3 Å². The number of aliphatic imine (C=N–C) groups is 1. The molecule has 2 rings (SSSR count). The lowest BCUT2D eigenvalue weighted by Crippen LogP contribution is -2.28. The van der Waals surface area contributed by atoms with Gasteiger partial charge in [0.25, 0.3) is 0 Å². The van der Waals surface area contributed by atoms with Gasteiger partial charge in [0.05, 0.1) is 5.69 Å². The fourth-order valence-corrected chi connectivity index (χ4v) is 3.10. The molecule has 0 amide bonds. The molecule has 2 heterocycles. The van der Waals surface area contributed by atoms with Gasteiger partial charge in [-0.05, 0) is 19.4 Å². The Bertz CT molecular complexity index is 357. The monoisotopic (exact) mass is 227 g/mol. The van der Waals surface area contributed by atoms with E-state index in [1.54, 1.807) is 23.3 Å². The number of rotatable bonds is 2. The quantitative estimate of drug-likeness (QED) is 0.763. The Morgan fingerprint density at radius 1 is 1.50 bits per heavy atom. The molecule has 1 aliphatic heterocycles. The van der Waals surface area contributed by atoms with E-state index in [1.165, 1.54) is 14.8 Å². The molecule has 0 spiro atoms. The second-order valence-corrected chi connectivity index (χ2v) is 5.45. The Morgan fingerprint density at radius 3 is 3.14 bits per heavy atom. The van der Waals surface area contributed by atoms with Gasteiger partial charge < -0.3 is 5.32 Å². The van der Waals surface area contributed by atoms with E-state index in [1.807, 2.05) is 0 Å². The van der Waals surface area contributed by atoms with Gasteiger partial charge in [-0.1, -0.05) is 6.92 Å². The molecule has 1 aromatic rings. The summed E-state index contributed by atoms with van der Waals surface area (Å²) in [5, 5.41) is 3.28. The normalized spacial score (nSPS) is 17.4. The molecule has 5 heteroatoms. The molecule has 1 aromatic heterocycles. The van der Waals surface area contributed by atoms with E-state index in [2.05, 4.69) is 34.9 Å². The van der Waals surface area contributed by atoms with Crippen molar-refractivity contribution in [3.63, 3.8) is 0 Å². The van der Waals surface area contributed by atoms with Crippen LogP contribution in [-0.4, -0.2) is 12.5 Å². The molecule has 0 fully saturated rings. The number of hydrogen-bond donors (Lipinski definition) is 2. The number of nitrogens with zero attached hydrogens (tertiary/aromatic N) is 1. The molecule has 0 bridgehead atoms. The van der Waals surface area contributed by atoms with Gasteiger partial charge in [0, 0.05) is 23.4 Å². The lowest BCUT2D eigenvalue weighted by molar-refractivity contribution is 0.926. The minimum Gasteiger partial charge on any atom is -0.324 e. The zero-order chi connectivity index (χ0) is 9.97. The zero-order valence-electron chi connectivity index (χ0n) is 8.26. The molecule has 0 radical (unpaired) electrons. The van der Waals surface area contributed by atoms with Crippen LogP contribution in [0, 0.1) is 6.92 Å². The van der Waals surface area contributed by atoms with Gasteiger partial charge in [-0.15, -0.1) is 11.3 Å². The van der Waals surface area contributed by atoms with E-state index >= 15 is 0 Å². The van der Waals surface area contributed by atoms with E-state index < -0.39 is 0 Å². The number of aryl methyl sites for hydroxylation is 1. The third-order valence-electron chi connectivity index (χ3n) is 1.81. The maximum absolute atomic E-state index is 4.39. The van der Waals surface area contributed by atoms with E-state index in [4.69, 9.17) is 0 Å². The Balaban J connectivity index is 2.12. The Hall–Kier alpha value is -0.680. The predicted molar refractivity (Wildman–Crippen MR) is 64.3 cm³/mol. The van der Waals surface area contributed by atoms with Crippen molar-refractivity contribution < 1.29 is 0 Å². The van der Waals surface area contributed by atoms with E-state index in [9.17, 15) is 0 Å². The first-order chi connectivity index (χ1) is 6.79. The summed E-state index contributed by atoms with van der Waals surface area (Å²) >= 11 is 3.44. The summed E-state index contributed by atoms with van der Waals surface area (Å²) in [6, 6.07) is 2.16. The van der Waals surface area contributed by atoms with Crippen molar-refractivity contribution in [1.82, 2.24) is 4.72 Å². The summed E-state index contributed by atoms with van der Waals surface area (Å²) in [4.78, 5) is 5.72. The third-order valence-corrected chi connectivity index (χ3v) is 3.85. The molecule has 0 aliphatic carbocycles. The second-order valence-electron chi connectivity index (χ2n) is 3.12. The molecule has 0 unspecified atom stereocenters. The molecular formula is C9H13N3S2. The molecule has 3 nitrogen and oxygen atoms in total. The highest BCUT2D eigenvalue weighted by molar-refractivity contribution is 8.00. The zero-order valence-corrected chi connectivity index (χ0v) is 9.89. The Kier molecular flexibility index (Phi) is 2.98. The molecule has 0 atom stereocenters. The van der Waals surface area contributed by atoms with E-state index in [0.29, 0.717) is 0 Å². The average molecular weight is 227 g/mol. The van der Waals surface area contributed by atoms with Crippen LogP contribution in [0.5, 0.6) is 0 Å². The van der Waals surface area contributed by atoms with Crippen molar-refractivity contribution in [3.05, 3.63) is 10.9 Å². The van der Waals surface area contributed by atoms with Crippen molar-refractivity contribution >= 4 is 34.9 Å². The van der Waals surface area contributed by atoms with Gasteiger partial charge in [0.15, 0.2) is 0 Å². The largest absolute Gasteiger partial charge is 0.324 e. The number of nitrogens with one attached hydrogen (secondary N) is 2. The number of thiophene rings is 1. The van der Waals surface area contributed by atoms with Crippen LogP contribution in [0.2, 0.25) is 0 Å². The lowest BCUT2D eigenvalue weighted by Gasteiger charge is -2.16. The highest BCUT2D eigenvalue weighted by Gasteiger charge is 2.15. The second kappa shape index (κ2) is 4.23. The topological polar surface area (TPSA) is 36.4 Å².